The van der Waals surface area contributed by atoms with Gasteiger partial charge in [-0.2, -0.15) is 39.5 Å². The highest BCUT2D eigenvalue weighted by Gasteiger charge is 2.81. The van der Waals surface area contributed by atoms with Crippen LogP contribution in [0.3, 0.4) is 0 Å². The maximum atomic E-state index is 13.6. The van der Waals surface area contributed by atoms with Crippen molar-refractivity contribution >= 4 is 0 Å². The summed E-state index contributed by atoms with van der Waals surface area (Å²) >= 11 is 0. The Morgan fingerprint density at radius 1 is 0.683 bits per heavy atom. The van der Waals surface area contributed by atoms with E-state index in [1.54, 1.807) is 12.1 Å². The summed E-state index contributed by atoms with van der Waals surface area (Å²) in [5.41, 5.74) is 0.812. The van der Waals surface area contributed by atoms with Gasteiger partial charge >= 0.3 is 23.9 Å². The summed E-state index contributed by atoms with van der Waals surface area (Å²) in [6.45, 7) is 10.7. The van der Waals surface area contributed by atoms with E-state index in [1.165, 1.54) is 44.2 Å². The van der Waals surface area contributed by atoms with E-state index in [0.717, 1.165) is 24.3 Å². The second kappa shape index (κ2) is 16.3. The molecule has 0 aliphatic carbocycles. The van der Waals surface area contributed by atoms with Crippen LogP contribution in [0, 0.1) is 17.8 Å². The summed E-state index contributed by atoms with van der Waals surface area (Å²) in [6, 6.07) is 6.33. The van der Waals surface area contributed by atoms with Gasteiger partial charge in [0.2, 0.25) is 0 Å². The van der Waals surface area contributed by atoms with Gasteiger partial charge in [-0.25, -0.2) is 0 Å². The van der Waals surface area contributed by atoms with E-state index < -0.39 is 43.4 Å². The largest absolute Gasteiger partial charge is 0.494 e. The van der Waals surface area contributed by atoms with Crippen molar-refractivity contribution in [2.45, 2.75) is 129 Å². The van der Waals surface area contributed by atoms with Crippen molar-refractivity contribution in [3.05, 3.63) is 29.8 Å². The molecule has 1 rings (SSSR count). The van der Waals surface area contributed by atoms with Gasteiger partial charge in [-0.05, 0) is 55.2 Å². The molecule has 0 unspecified atom stereocenters. The molecule has 0 saturated carbocycles. The van der Waals surface area contributed by atoms with Crippen molar-refractivity contribution in [1.29, 1.82) is 0 Å². The Morgan fingerprint density at radius 3 is 1.76 bits per heavy atom. The van der Waals surface area contributed by atoms with Crippen LogP contribution in [-0.2, 0) is 11.3 Å². The van der Waals surface area contributed by atoms with Gasteiger partial charge in [0.15, 0.2) is 0 Å². The predicted octanol–water partition coefficient (Wildman–Crippen LogP) is 10.9. The first kappa shape index (κ1) is 37.4. The maximum Gasteiger partial charge on any atom is 0.460 e. The van der Waals surface area contributed by atoms with Crippen molar-refractivity contribution in [1.82, 2.24) is 0 Å². The van der Waals surface area contributed by atoms with Crippen LogP contribution in [-0.4, -0.2) is 36.7 Å². The fourth-order valence-corrected chi connectivity index (χ4v) is 4.31. The second-order valence-corrected chi connectivity index (χ2v) is 11.4. The molecule has 0 N–H and O–H groups in total. The van der Waals surface area contributed by atoms with Gasteiger partial charge in [0.1, 0.15) is 5.75 Å². The maximum absolute atomic E-state index is 13.6. The van der Waals surface area contributed by atoms with Crippen LogP contribution in [0.25, 0.3) is 0 Å². The first-order valence-electron chi connectivity index (χ1n) is 14.4. The van der Waals surface area contributed by atoms with Crippen molar-refractivity contribution in [3.8, 4) is 5.75 Å². The van der Waals surface area contributed by atoms with Gasteiger partial charge in [0, 0.05) is 6.42 Å². The van der Waals surface area contributed by atoms with Gasteiger partial charge in [-0.1, -0.05) is 78.4 Å². The number of hydrogen-bond donors (Lipinski definition) is 0. The van der Waals surface area contributed by atoms with E-state index in [0.29, 0.717) is 18.4 Å². The first-order chi connectivity index (χ1) is 18.9. The minimum atomic E-state index is -6.87. The molecule has 0 spiro atoms. The molecule has 41 heavy (non-hydrogen) atoms. The van der Waals surface area contributed by atoms with E-state index >= 15 is 0 Å². The normalized spacial score (nSPS) is 16.3. The zero-order valence-electron chi connectivity index (χ0n) is 24.6. The van der Waals surface area contributed by atoms with Crippen molar-refractivity contribution in [2.24, 2.45) is 17.8 Å². The molecule has 0 aromatic heterocycles. The van der Waals surface area contributed by atoms with Gasteiger partial charge in [0.05, 0.1) is 19.3 Å². The summed E-state index contributed by atoms with van der Waals surface area (Å²) < 4.78 is 127. The zero-order chi connectivity index (χ0) is 31.5. The molecular formula is C30H45F9O2. The van der Waals surface area contributed by atoms with Crippen molar-refractivity contribution in [3.63, 3.8) is 0 Å². The van der Waals surface area contributed by atoms with E-state index in [2.05, 4.69) is 27.7 Å². The Bertz CT molecular complexity index is 857. The Kier molecular flexibility index (Phi) is 14.8. The Balaban J connectivity index is 2.38. The summed E-state index contributed by atoms with van der Waals surface area (Å²) in [4.78, 5) is 0. The minimum absolute atomic E-state index is 0.0242. The zero-order valence-corrected chi connectivity index (χ0v) is 24.6. The van der Waals surface area contributed by atoms with Crippen LogP contribution in [0.1, 0.15) is 98.0 Å². The van der Waals surface area contributed by atoms with Gasteiger partial charge < -0.3 is 9.47 Å². The molecule has 2 nitrogen and oxygen atoms in total. The Labute approximate surface area is 238 Å². The lowest BCUT2D eigenvalue weighted by Crippen LogP contribution is -2.60. The van der Waals surface area contributed by atoms with E-state index in [4.69, 9.17) is 9.47 Å². The number of rotatable bonds is 20. The van der Waals surface area contributed by atoms with E-state index in [9.17, 15) is 39.5 Å². The molecule has 4 atom stereocenters. The van der Waals surface area contributed by atoms with Crippen LogP contribution in [0.5, 0.6) is 5.75 Å². The number of halogens is 9. The smallest absolute Gasteiger partial charge is 0.460 e. The van der Waals surface area contributed by atoms with Crippen molar-refractivity contribution in [2.75, 3.05) is 6.61 Å². The van der Waals surface area contributed by atoms with Gasteiger partial charge in [0.25, 0.3) is 0 Å². The molecule has 0 saturated heterocycles. The standard InChI is InChI=1S/C30H45F9O2/c1-6-21(2)10-7-11-22(3)12-8-13-23(4)24(5)41-20-25-14-16-26(17-15-25)40-19-9-18-27(31,32)28(33,34)29(35,36)30(37,38)39/h14-17,21-24H,6-13,18-20H2,1-5H3/t21-,22+,23-,24-/m0/s1. The lowest BCUT2D eigenvalue weighted by molar-refractivity contribution is -0.396. The number of benzene rings is 1. The summed E-state index contributed by atoms with van der Waals surface area (Å²) in [5, 5.41) is 0. The topological polar surface area (TPSA) is 18.5 Å². The monoisotopic (exact) mass is 608 g/mol. The molecule has 1 aromatic carbocycles. The molecule has 0 radical (unpaired) electrons. The Hall–Kier alpha value is -1.65. The summed E-state index contributed by atoms with van der Waals surface area (Å²) in [5.74, 6) is -17.0. The molecule has 1 aromatic rings. The number of hydrogen-bond acceptors (Lipinski definition) is 2. The lowest BCUT2D eigenvalue weighted by atomic mass is 9.91. The average molecular weight is 609 g/mol. The van der Waals surface area contributed by atoms with Gasteiger partial charge in [-0.3, -0.25) is 0 Å². The SMILES string of the molecule is CC[C@H](C)CCC[C@@H](C)CCC[C@H](C)[C@H](C)OCc1ccc(OCCCC(F)(F)C(F)(F)C(F)(F)C(F)(F)F)cc1. The summed E-state index contributed by atoms with van der Waals surface area (Å²) in [6.07, 6.45) is -1.14. The molecule has 240 valence electrons. The summed E-state index contributed by atoms with van der Waals surface area (Å²) in [7, 11) is 0. The van der Waals surface area contributed by atoms with Crippen LogP contribution in [0.4, 0.5) is 39.5 Å². The molecule has 0 bridgehead atoms. The third kappa shape index (κ3) is 11.5. The molecular weight excluding hydrogens is 563 g/mol. The highest BCUT2D eigenvalue weighted by atomic mass is 19.4. The second-order valence-electron chi connectivity index (χ2n) is 11.4. The number of alkyl halides is 9. The van der Waals surface area contributed by atoms with Crippen LogP contribution in [0.15, 0.2) is 24.3 Å². The third-order valence-corrected chi connectivity index (χ3v) is 7.80. The fourth-order valence-electron chi connectivity index (χ4n) is 4.31. The minimum Gasteiger partial charge on any atom is -0.494 e. The number of ether oxygens (including phenoxy) is 2. The molecule has 0 aliphatic rings. The highest BCUT2D eigenvalue weighted by Crippen LogP contribution is 2.54. The van der Waals surface area contributed by atoms with Crippen molar-refractivity contribution < 1.29 is 49.0 Å². The van der Waals surface area contributed by atoms with E-state index in [-0.39, 0.29) is 11.9 Å². The first-order valence-corrected chi connectivity index (χ1v) is 14.4. The van der Waals surface area contributed by atoms with Crippen LogP contribution >= 0.6 is 0 Å². The third-order valence-electron chi connectivity index (χ3n) is 7.80. The van der Waals surface area contributed by atoms with Crippen LogP contribution in [0.2, 0.25) is 0 Å². The molecule has 0 aliphatic heterocycles. The highest BCUT2D eigenvalue weighted by molar-refractivity contribution is 5.26. The molecule has 0 heterocycles. The lowest BCUT2D eigenvalue weighted by Gasteiger charge is -2.33. The molecule has 0 fully saturated rings. The fraction of sp³-hybridized carbons (Fsp3) is 0.800. The molecule has 11 heteroatoms. The quantitative estimate of drug-likeness (QED) is 0.108. The average Bonchev–Trinajstić information content (AvgIpc) is 2.89. The van der Waals surface area contributed by atoms with Gasteiger partial charge in [-0.15, -0.1) is 0 Å². The molecule has 0 amide bonds. The predicted molar refractivity (Wildman–Crippen MR) is 142 cm³/mol. The van der Waals surface area contributed by atoms with E-state index in [1.807, 2.05) is 6.92 Å². The Morgan fingerprint density at radius 2 is 1.22 bits per heavy atom. The van der Waals surface area contributed by atoms with Crippen LogP contribution < -0.4 is 4.74 Å².